The zero-order valence-electron chi connectivity index (χ0n) is 21.3. The Balaban J connectivity index is 1.31. The molecule has 0 bridgehead atoms. The number of hydrogen-bond donors (Lipinski definition) is 1. The number of amides is 1. The number of carbonyl (C=O) groups excluding carboxylic acids is 1. The minimum absolute atomic E-state index is 0.142. The summed E-state index contributed by atoms with van der Waals surface area (Å²) in [5, 5.41) is 9.00. The fourth-order valence-corrected chi connectivity index (χ4v) is 8.21. The summed E-state index contributed by atoms with van der Waals surface area (Å²) in [7, 11) is -6.49. The van der Waals surface area contributed by atoms with Crippen molar-refractivity contribution in [3.05, 3.63) is 40.9 Å². The third kappa shape index (κ3) is 7.02. The van der Waals surface area contributed by atoms with E-state index in [0.717, 1.165) is 4.88 Å². The van der Waals surface area contributed by atoms with Crippen molar-refractivity contribution in [3.63, 3.8) is 0 Å². The lowest BCUT2D eigenvalue weighted by atomic mass is 10.1. The van der Waals surface area contributed by atoms with Crippen LogP contribution in [0.2, 0.25) is 0 Å². The molecular formula is C24H31N5O7S3. The van der Waals surface area contributed by atoms with Gasteiger partial charge in [0.05, 0.1) is 54.6 Å². The van der Waals surface area contributed by atoms with Crippen molar-refractivity contribution in [1.82, 2.24) is 14.9 Å². The smallest absolute Gasteiger partial charge is 0.278 e. The fourth-order valence-electron chi connectivity index (χ4n) is 4.51. The summed E-state index contributed by atoms with van der Waals surface area (Å²) >= 11 is 1.32. The first kappa shape index (κ1) is 28.1. The Morgan fingerprint density at radius 3 is 2.46 bits per heavy atom. The molecule has 5 rings (SSSR count). The third-order valence-electron chi connectivity index (χ3n) is 6.82. The van der Waals surface area contributed by atoms with E-state index in [2.05, 4.69) is 20.3 Å². The molecule has 2 aromatic rings. The summed E-state index contributed by atoms with van der Waals surface area (Å²) in [5.41, 5.74) is 0.620. The van der Waals surface area contributed by atoms with E-state index in [4.69, 9.17) is 9.47 Å². The summed E-state index contributed by atoms with van der Waals surface area (Å²) in [5.74, 6) is -0.178. The molecule has 1 amide bonds. The number of thiazole rings is 1. The first-order valence-electron chi connectivity index (χ1n) is 12.7. The van der Waals surface area contributed by atoms with E-state index >= 15 is 0 Å². The van der Waals surface area contributed by atoms with Crippen LogP contribution in [0.25, 0.3) is 0 Å². The zero-order chi connectivity index (χ0) is 27.5. The predicted molar refractivity (Wildman–Crippen MR) is 146 cm³/mol. The van der Waals surface area contributed by atoms with Crippen molar-refractivity contribution in [2.45, 2.75) is 23.1 Å². The molecule has 3 saturated heterocycles. The topological polar surface area (TPSA) is 148 Å². The van der Waals surface area contributed by atoms with Crippen molar-refractivity contribution in [3.8, 4) is 0 Å². The average Bonchev–Trinajstić information content (AvgIpc) is 3.62. The minimum atomic E-state index is -3.53. The van der Waals surface area contributed by atoms with E-state index in [0.29, 0.717) is 69.7 Å². The van der Waals surface area contributed by atoms with Crippen LogP contribution in [-0.4, -0.2) is 113 Å². The number of aromatic nitrogens is 1. The van der Waals surface area contributed by atoms with Gasteiger partial charge in [-0.2, -0.15) is 5.10 Å². The lowest BCUT2D eigenvalue weighted by molar-refractivity contribution is -0.110. The second-order valence-electron chi connectivity index (χ2n) is 9.58. The maximum absolute atomic E-state index is 13.4. The lowest BCUT2D eigenvalue weighted by Gasteiger charge is -2.25. The number of ether oxygens (including phenoxy) is 2. The highest BCUT2D eigenvalue weighted by molar-refractivity contribution is 7.92. The van der Waals surface area contributed by atoms with Gasteiger partial charge in [0, 0.05) is 42.9 Å². The molecule has 212 valence electrons. The zero-order valence-corrected chi connectivity index (χ0v) is 23.8. The van der Waals surface area contributed by atoms with E-state index in [1.54, 1.807) is 23.3 Å². The highest BCUT2D eigenvalue weighted by atomic mass is 32.2. The van der Waals surface area contributed by atoms with Crippen LogP contribution in [0.5, 0.6) is 0 Å². The van der Waals surface area contributed by atoms with Crippen LogP contribution in [0.3, 0.4) is 0 Å². The van der Waals surface area contributed by atoms with E-state index in [1.807, 2.05) is 0 Å². The van der Waals surface area contributed by atoms with Gasteiger partial charge in [0.1, 0.15) is 0 Å². The first-order valence-corrected chi connectivity index (χ1v) is 16.9. The molecule has 0 saturated carbocycles. The Labute approximate surface area is 231 Å². The number of rotatable bonds is 8. The molecule has 3 aliphatic rings. The average molecular weight is 598 g/mol. The number of hydrazone groups is 1. The van der Waals surface area contributed by atoms with Gasteiger partial charge in [-0.25, -0.2) is 21.8 Å². The molecule has 0 unspecified atom stereocenters. The van der Waals surface area contributed by atoms with Gasteiger partial charge in [-0.1, -0.05) is 12.1 Å². The van der Waals surface area contributed by atoms with Gasteiger partial charge < -0.3 is 9.47 Å². The van der Waals surface area contributed by atoms with Gasteiger partial charge in [0.2, 0.25) is 0 Å². The van der Waals surface area contributed by atoms with Crippen LogP contribution in [0, 0.1) is 0 Å². The third-order valence-corrected chi connectivity index (χ3v) is 11.5. The van der Waals surface area contributed by atoms with Crippen LogP contribution in [0.1, 0.15) is 16.9 Å². The second-order valence-corrected chi connectivity index (χ2v) is 15.2. The van der Waals surface area contributed by atoms with Gasteiger partial charge in [0.25, 0.3) is 5.91 Å². The second kappa shape index (κ2) is 12.0. The monoisotopic (exact) mass is 597 g/mol. The minimum Gasteiger partial charge on any atom is -0.380 e. The van der Waals surface area contributed by atoms with Crippen LogP contribution >= 0.6 is 11.3 Å². The van der Waals surface area contributed by atoms with Gasteiger partial charge in [-0.15, -0.1) is 11.3 Å². The van der Waals surface area contributed by atoms with Crippen LogP contribution in [-0.2, 0) is 40.5 Å². The quantitative estimate of drug-likeness (QED) is 0.429. The summed E-state index contributed by atoms with van der Waals surface area (Å²) in [4.78, 5) is 20.9. The summed E-state index contributed by atoms with van der Waals surface area (Å²) in [6.07, 6.45) is 2.14. The Bertz CT molecular complexity index is 1400. The van der Waals surface area contributed by atoms with E-state index < -0.39 is 30.8 Å². The molecule has 12 nitrogen and oxygen atoms in total. The number of carbonyl (C=O) groups is 1. The molecule has 1 atom stereocenters. The van der Waals surface area contributed by atoms with Gasteiger partial charge in [-0.05, 0) is 18.6 Å². The maximum atomic E-state index is 13.4. The van der Waals surface area contributed by atoms with Crippen molar-refractivity contribution in [1.29, 1.82) is 0 Å². The number of anilines is 1. The Morgan fingerprint density at radius 2 is 1.79 bits per heavy atom. The standard InChI is InChI=1S/C24H31N5O7S3/c30-23(26-24-25-15-19(37-24)16-28-8-13-38(31,32)14-9-28)22(27-29-6-11-35-12-7-29)18-1-3-20(4-2-18)39(33,34)21-5-10-36-17-21/h1-4,15,21H,5-14,16-17H2,(H,25,26,30)/t21-/m0/s1. The number of sulfone groups is 2. The SMILES string of the molecule is O=C(Nc1ncc(CN2CCS(=O)(=O)CC2)s1)C(=NN1CCOCC1)c1ccc(S(=O)(=O)[C@H]2CCOC2)cc1. The molecular weight excluding hydrogens is 566 g/mol. The number of morpholine rings is 1. The van der Waals surface area contributed by atoms with Crippen LogP contribution in [0.4, 0.5) is 5.13 Å². The lowest BCUT2D eigenvalue weighted by Crippen LogP contribution is -2.39. The summed E-state index contributed by atoms with van der Waals surface area (Å²) in [6.45, 7) is 4.14. The van der Waals surface area contributed by atoms with E-state index in [-0.39, 0.29) is 28.7 Å². The molecule has 1 aromatic carbocycles. The van der Waals surface area contributed by atoms with Crippen LogP contribution < -0.4 is 5.32 Å². The van der Waals surface area contributed by atoms with Crippen molar-refractivity contribution in [2.75, 3.05) is 69.4 Å². The van der Waals surface area contributed by atoms with Crippen LogP contribution in [0.15, 0.2) is 40.5 Å². The van der Waals surface area contributed by atoms with E-state index in [9.17, 15) is 21.6 Å². The maximum Gasteiger partial charge on any atom is 0.278 e. The number of benzene rings is 1. The van der Waals surface area contributed by atoms with E-state index in [1.165, 1.54) is 23.5 Å². The Hall–Kier alpha value is -2.43. The van der Waals surface area contributed by atoms with Gasteiger partial charge in [0.15, 0.2) is 30.5 Å². The summed E-state index contributed by atoms with van der Waals surface area (Å²) in [6, 6.07) is 6.20. The highest BCUT2D eigenvalue weighted by Gasteiger charge is 2.31. The fraction of sp³-hybridized carbons (Fsp3) is 0.542. The molecule has 4 heterocycles. The van der Waals surface area contributed by atoms with Crippen molar-refractivity contribution >= 4 is 47.8 Å². The molecule has 3 fully saturated rings. The van der Waals surface area contributed by atoms with Crippen molar-refractivity contribution in [2.24, 2.45) is 5.10 Å². The largest absolute Gasteiger partial charge is 0.380 e. The number of hydrogen-bond acceptors (Lipinski definition) is 12. The molecule has 0 radical (unpaired) electrons. The number of nitrogens with one attached hydrogen (secondary N) is 1. The Morgan fingerprint density at radius 1 is 1.08 bits per heavy atom. The number of nitrogens with zero attached hydrogens (tertiary/aromatic N) is 4. The first-order chi connectivity index (χ1) is 18.7. The molecule has 15 heteroatoms. The normalized spacial score (nSPS) is 22.6. The van der Waals surface area contributed by atoms with Gasteiger partial charge >= 0.3 is 0 Å². The molecule has 39 heavy (non-hydrogen) atoms. The van der Waals surface area contributed by atoms with Gasteiger partial charge in [-0.3, -0.25) is 20.0 Å². The highest BCUT2D eigenvalue weighted by Crippen LogP contribution is 2.24. The molecule has 1 aromatic heterocycles. The molecule has 1 N–H and O–H groups in total. The molecule has 3 aliphatic heterocycles. The molecule has 0 spiro atoms. The Kier molecular flexibility index (Phi) is 8.63. The predicted octanol–water partition coefficient (Wildman–Crippen LogP) is 0.611. The molecule has 0 aliphatic carbocycles. The van der Waals surface area contributed by atoms with Crippen molar-refractivity contribution < 1.29 is 31.1 Å². The summed E-state index contributed by atoms with van der Waals surface area (Å²) < 4.78 is 59.9.